The van der Waals surface area contributed by atoms with Gasteiger partial charge in [0.1, 0.15) is 0 Å². The van der Waals surface area contributed by atoms with E-state index >= 15 is 0 Å². The minimum atomic E-state index is 0.196. The normalized spacial score (nSPS) is 25.9. The van der Waals surface area contributed by atoms with Crippen molar-refractivity contribution in [2.24, 2.45) is 5.92 Å². The molecule has 1 aromatic rings. The summed E-state index contributed by atoms with van der Waals surface area (Å²) in [4.78, 5) is 12.2. The van der Waals surface area contributed by atoms with Crippen LogP contribution in [-0.4, -0.2) is 29.9 Å². The van der Waals surface area contributed by atoms with Gasteiger partial charge in [0.25, 0.3) is 5.56 Å². The second kappa shape index (κ2) is 6.17. The number of nitrogens with zero attached hydrogens (tertiary/aromatic N) is 1. The molecule has 1 saturated heterocycles. The maximum atomic E-state index is 12.2. The Hall–Kier alpha value is -1.13. The van der Waals surface area contributed by atoms with Crippen LogP contribution in [0.2, 0.25) is 0 Å². The lowest BCUT2D eigenvalue weighted by atomic mass is 9.90. The summed E-state index contributed by atoms with van der Waals surface area (Å²) in [6, 6.07) is 5.01. The van der Waals surface area contributed by atoms with E-state index in [2.05, 4.69) is 16.0 Å². The van der Waals surface area contributed by atoms with Gasteiger partial charge >= 0.3 is 0 Å². The van der Waals surface area contributed by atoms with E-state index in [1.807, 2.05) is 0 Å². The van der Waals surface area contributed by atoms with E-state index < -0.39 is 0 Å². The van der Waals surface area contributed by atoms with Gasteiger partial charge in [0.15, 0.2) is 0 Å². The summed E-state index contributed by atoms with van der Waals surface area (Å²) in [5, 5.41) is 3.82. The predicted molar refractivity (Wildman–Crippen MR) is 86.2 cm³/mol. The third-order valence-corrected chi connectivity index (χ3v) is 5.42. The van der Waals surface area contributed by atoms with Gasteiger partial charge in [0, 0.05) is 43.6 Å². The molecule has 1 unspecified atom stereocenters. The third kappa shape index (κ3) is 3.13. The molecule has 0 bridgehead atoms. The summed E-state index contributed by atoms with van der Waals surface area (Å²) in [6.45, 7) is 2.73. The van der Waals surface area contributed by atoms with Gasteiger partial charge in [-0.25, -0.2) is 0 Å². The lowest BCUT2D eigenvalue weighted by Crippen LogP contribution is -2.45. The highest BCUT2D eigenvalue weighted by atomic mass is 16.5. The summed E-state index contributed by atoms with van der Waals surface area (Å²) < 4.78 is 7.51. The van der Waals surface area contributed by atoms with E-state index in [9.17, 15) is 4.79 Å². The standard InChI is InChI=1S/C18H26N2O2/c21-18-6-3-14-11-16(19-15-7-9-22-10-8-15)4-5-17(14)20(18)12-13-1-2-13/h3,6,13,15-16,19H,1-2,4-5,7-12H2. The molecule has 2 fully saturated rings. The molecular weight excluding hydrogens is 276 g/mol. The first-order valence-corrected chi connectivity index (χ1v) is 8.85. The Balaban J connectivity index is 1.47. The Morgan fingerprint density at radius 2 is 1.91 bits per heavy atom. The average molecular weight is 302 g/mol. The van der Waals surface area contributed by atoms with Gasteiger partial charge in [-0.1, -0.05) is 6.07 Å². The van der Waals surface area contributed by atoms with Crippen LogP contribution in [0, 0.1) is 5.92 Å². The van der Waals surface area contributed by atoms with E-state index in [0.717, 1.165) is 57.8 Å². The number of hydrogen-bond acceptors (Lipinski definition) is 3. The topological polar surface area (TPSA) is 43.3 Å². The quantitative estimate of drug-likeness (QED) is 0.923. The molecule has 0 amide bonds. The largest absolute Gasteiger partial charge is 0.381 e. The second-order valence-corrected chi connectivity index (χ2v) is 7.19. The fourth-order valence-corrected chi connectivity index (χ4v) is 3.92. The first-order valence-electron chi connectivity index (χ1n) is 8.85. The molecule has 0 spiro atoms. The van der Waals surface area contributed by atoms with Crippen LogP contribution in [0.4, 0.5) is 0 Å². The minimum absolute atomic E-state index is 0.196. The SMILES string of the molecule is O=c1ccc2c(n1CC1CC1)CCC(NC1CCOCC1)C2. The predicted octanol–water partition coefficient (Wildman–Crippen LogP) is 1.88. The zero-order chi connectivity index (χ0) is 14.9. The second-order valence-electron chi connectivity index (χ2n) is 7.19. The number of rotatable bonds is 4. The summed E-state index contributed by atoms with van der Waals surface area (Å²) in [5.74, 6) is 0.752. The molecule has 1 aromatic heterocycles. The smallest absolute Gasteiger partial charge is 0.250 e. The number of pyridine rings is 1. The molecule has 1 aliphatic heterocycles. The number of hydrogen-bond donors (Lipinski definition) is 1. The maximum Gasteiger partial charge on any atom is 0.250 e. The minimum Gasteiger partial charge on any atom is -0.381 e. The van der Waals surface area contributed by atoms with Gasteiger partial charge in [-0.2, -0.15) is 0 Å². The van der Waals surface area contributed by atoms with Crippen molar-refractivity contribution in [1.82, 2.24) is 9.88 Å². The van der Waals surface area contributed by atoms with Crippen LogP contribution in [0.15, 0.2) is 16.9 Å². The third-order valence-electron chi connectivity index (χ3n) is 5.42. The van der Waals surface area contributed by atoms with Gasteiger partial charge in [-0.3, -0.25) is 4.79 Å². The van der Waals surface area contributed by atoms with Crippen molar-refractivity contribution in [2.45, 2.75) is 63.6 Å². The van der Waals surface area contributed by atoms with Crippen LogP contribution in [0.1, 0.15) is 43.4 Å². The molecule has 1 atom stereocenters. The highest BCUT2D eigenvalue weighted by molar-refractivity contribution is 5.26. The first kappa shape index (κ1) is 14.5. The van der Waals surface area contributed by atoms with E-state index in [4.69, 9.17) is 4.74 Å². The van der Waals surface area contributed by atoms with Crippen LogP contribution >= 0.6 is 0 Å². The molecule has 2 heterocycles. The molecule has 22 heavy (non-hydrogen) atoms. The van der Waals surface area contributed by atoms with Gasteiger partial charge in [0.05, 0.1) is 0 Å². The monoisotopic (exact) mass is 302 g/mol. The zero-order valence-corrected chi connectivity index (χ0v) is 13.2. The van der Waals surface area contributed by atoms with Crippen molar-refractivity contribution in [2.75, 3.05) is 13.2 Å². The summed E-state index contributed by atoms with van der Waals surface area (Å²) in [5.41, 5.74) is 2.89. The Kier molecular flexibility index (Phi) is 4.05. The van der Waals surface area contributed by atoms with Gasteiger partial charge in [-0.05, 0) is 56.4 Å². The zero-order valence-electron chi connectivity index (χ0n) is 13.2. The van der Waals surface area contributed by atoms with Gasteiger partial charge < -0.3 is 14.6 Å². The van der Waals surface area contributed by atoms with Gasteiger partial charge in [0.2, 0.25) is 0 Å². The lowest BCUT2D eigenvalue weighted by Gasteiger charge is -2.32. The number of nitrogens with one attached hydrogen (secondary N) is 1. The van der Waals surface area contributed by atoms with Crippen molar-refractivity contribution in [3.63, 3.8) is 0 Å². The molecule has 4 nitrogen and oxygen atoms in total. The molecule has 2 aliphatic carbocycles. The molecule has 120 valence electrons. The van der Waals surface area contributed by atoms with Crippen molar-refractivity contribution in [3.8, 4) is 0 Å². The summed E-state index contributed by atoms with van der Waals surface area (Å²) in [7, 11) is 0. The van der Waals surface area contributed by atoms with Crippen molar-refractivity contribution in [3.05, 3.63) is 33.7 Å². The first-order chi connectivity index (χ1) is 10.8. The van der Waals surface area contributed by atoms with Crippen LogP contribution in [-0.2, 0) is 24.1 Å². The van der Waals surface area contributed by atoms with Crippen LogP contribution < -0.4 is 10.9 Å². The molecule has 1 N–H and O–H groups in total. The average Bonchev–Trinajstić information content (AvgIpc) is 3.35. The molecule has 1 saturated carbocycles. The highest BCUT2D eigenvalue weighted by Crippen LogP contribution is 2.31. The molecular formula is C18H26N2O2. The summed E-state index contributed by atoms with van der Waals surface area (Å²) in [6.07, 6.45) is 8.11. The molecule has 4 heteroatoms. The number of ether oxygens (including phenoxy) is 1. The lowest BCUT2D eigenvalue weighted by molar-refractivity contribution is 0.0742. The molecule has 0 radical (unpaired) electrons. The van der Waals surface area contributed by atoms with E-state index in [1.54, 1.807) is 6.07 Å². The summed E-state index contributed by atoms with van der Waals surface area (Å²) >= 11 is 0. The maximum absolute atomic E-state index is 12.2. The Morgan fingerprint density at radius 1 is 1.09 bits per heavy atom. The Labute approximate surface area is 131 Å². The number of aromatic nitrogens is 1. The Bertz CT molecular complexity index is 585. The van der Waals surface area contributed by atoms with Crippen LogP contribution in [0.5, 0.6) is 0 Å². The fourth-order valence-electron chi connectivity index (χ4n) is 3.92. The van der Waals surface area contributed by atoms with E-state index in [0.29, 0.717) is 12.1 Å². The molecule has 3 aliphatic rings. The Morgan fingerprint density at radius 3 is 2.68 bits per heavy atom. The van der Waals surface area contributed by atoms with Crippen molar-refractivity contribution in [1.29, 1.82) is 0 Å². The van der Waals surface area contributed by atoms with Gasteiger partial charge in [-0.15, -0.1) is 0 Å². The van der Waals surface area contributed by atoms with Crippen molar-refractivity contribution >= 4 is 0 Å². The van der Waals surface area contributed by atoms with Crippen LogP contribution in [0.25, 0.3) is 0 Å². The highest BCUT2D eigenvalue weighted by Gasteiger charge is 2.27. The fraction of sp³-hybridized carbons (Fsp3) is 0.722. The molecule has 0 aromatic carbocycles. The van der Waals surface area contributed by atoms with Crippen molar-refractivity contribution < 1.29 is 4.74 Å². The number of fused-ring (bicyclic) bond motifs is 1. The van der Waals surface area contributed by atoms with Crippen LogP contribution in [0.3, 0.4) is 0 Å². The van der Waals surface area contributed by atoms with E-state index in [1.165, 1.54) is 24.1 Å². The van der Waals surface area contributed by atoms with E-state index in [-0.39, 0.29) is 5.56 Å². The molecule has 4 rings (SSSR count).